The second kappa shape index (κ2) is 8.43. The van der Waals surface area contributed by atoms with E-state index in [1.165, 1.54) is 4.90 Å². The summed E-state index contributed by atoms with van der Waals surface area (Å²) in [6.07, 6.45) is -0.278. The molecule has 7 nitrogen and oxygen atoms in total. The van der Waals surface area contributed by atoms with Gasteiger partial charge in [0.1, 0.15) is 18.7 Å². The van der Waals surface area contributed by atoms with Crippen molar-refractivity contribution >= 4 is 41.5 Å². The van der Waals surface area contributed by atoms with Gasteiger partial charge in [-0.2, -0.15) is 0 Å². The number of rotatable bonds is 5. The van der Waals surface area contributed by atoms with Crippen LogP contribution in [0.1, 0.15) is 18.9 Å². The molecule has 146 valence electrons. The Morgan fingerprint density at radius 2 is 1.96 bits per heavy atom. The Bertz CT molecular complexity index is 709. The number of amides is 2. The monoisotopic (exact) mass is 410 g/mol. The van der Waals surface area contributed by atoms with Crippen LogP contribution in [-0.2, 0) is 20.9 Å². The topological polar surface area (TPSA) is 95.9 Å². The summed E-state index contributed by atoms with van der Waals surface area (Å²) in [6.45, 7) is 2.03. The Morgan fingerprint density at radius 1 is 1.30 bits per heavy atom. The van der Waals surface area contributed by atoms with E-state index in [1.807, 2.05) is 30.3 Å². The number of hydrogen-bond donors (Lipinski definition) is 2. The van der Waals surface area contributed by atoms with Crippen molar-refractivity contribution in [2.75, 3.05) is 18.1 Å². The second-order valence-electron chi connectivity index (χ2n) is 6.56. The van der Waals surface area contributed by atoms with Gasteiger partial charge < -0.3 is 20.1 Å². The summed E-state index contributed by atoms with van der Waals surface area (Å²) < 4.78 is 4.89. The van der Waals surface area contributed by atoms with Crippen LogP contribution in [-0.4, -0.2) is 62.2 Å². The Hall–Kier alpha value is -1.87. The number of likely N-dealkylation sites (tertiary alicyclic amines) is 1. The van der Waals surface area contributed by atoms with E-state index in [4.69, 9.17) is 4.74 Å². The molecule has 0 bridgehead atoms. The van der Waals surface area contributed by atoms with E-state index in [-0.39, 0.29) is 10.7 Å². The Morgan fingerprint density at radius 3 is 2.59 bits per heavy atom. The third-order valence-corrected chi connectivity index (χ3v) is 8.02. The van der Waals surface area contributed by atoms with E-state index in [0.29, 0.717) is 13.0 Å². The van der Waals surface area contributed by atoms with Crippen molar-refractivity contribution < 1.29 is 24.2 Å². The van der Waals surface area contributed by atoms with E-state index < -0.39 is 30.1 Å². The van der Waals surface area contributed by atoms with E-state index >= 15 is 0 Å². The lowest BCUT2D eigenvalue weighted by Gasteiger charge is -2.26. The van der Waals surface area contributed by atoms with Gasteiger partial charge in [-0.05, 0) is 12.5 Å². The minimum Gasteiger partial charge on any atom is -0.480 e. The molecule has 0 aromatic heterocycles. The predicted octanol–water partition coefficient (Wildman–Crippen LogP) is 2.16. The van der Waals surface area contributed by atoms with Gasteiger partial charge in [0, 0.05) is 24.5 Å². The summed E-state index contributed by atoms with van der Waals surface area (Å²) in [6, 6.07) is 7.50. The highest BCUT2D eigenvalue weighted by Gasteiger charge is 2.51. The van der Waals surface area contributed by atoms with Gasteiger partial charge in [-0.25, -0.2) is 9.59 Å². The molecular weight excluding hydrogens is 388 g/mol. The van der Waals surface area contributed by atoms with E-state index in [0.717, 1.165) is 17.1 Å². The first-order valence-corrected chi connectivity index (χ1v) is 10.7. The third-order valence-electron chi connectivity index (χ3n) is 4.59. The maximum absolute atomic E-state index is 12.8. The molecule has 1 spiro atoms. The standard InChI is InChI=1S/C18H22N2O5S2/c1-12(19-17(24)25-10-13-5-3-2-4-6-13)15(21)20-11-18(26-7-8-27-18)9-14(20)16(22)23/h2-6,12,14H,7-11H2,1H3,(H,19,24)(H,22,23)/t12-,14?/m0/s1. The van der Waals surface area contributed by atoms with Crippen molar-refractivity contribution in [1.82, 2.24) is 10.2 Å². The molecule has 2 aliphatic heterocycles. The quantitative estimate of drug-likeness (QED) is 0.768. The smallest absolute Gasteiger partial charge is 0.408 e. The van der Waals surface area contributed by atoms with E-state index in [2.05, 4.69) is 5.32 Å². The van der Waals surface area contributed by atoms with Crippen molar-refractivity contribution in [3.05, 3.63) is 35.9 Å². The zero-order valence-corrected chi connectivity index (χ0v) is 16.6. The van der Waals surface area contributed by atoms with Crippen LogP contribution >= 0.6 is 23.5 Å². The largest absolute Gasteiger partial charge is 0.480 e. The second-order valence-corrected chi connectivity index (χ2v) is 9.77. The van der Waals surface area contributed by atoms with Gasteiger partial charge in [0.05, 0.1) is 4.08 Å². The van der Waals surface area contributed by atoms with Gasteiger partial charge in [-0.3, -0.25) is 4.79 Å². The first-order chi connectivity index (χ1) is 12.9. The van der Waals surface area contributed by atoms with Gasteiger partial charge >= 0.3 is 12.1 Å². The SMILES string of the molecule is C[C@H](NC(=O)OCc1ccccc1)C(=O)N1CC2(CC1C(=O)O)SCCS2. The molecule has 2 heterocycles. The van der Waals surface area contributed by atoms with Gasteiger partial charge in [0.2, 0.25) is 5.91 Å². The fraction of sp³-hybridized carbons (Fsp3) is 0.500. The van der Waals surface area contributed by atoms with Crippen LogP contribution in [0.3, 0.4) is 0 Å². The van der Waals surface area contributed by atoms with Gasteiger partial charge in [-0.1, -0.05) is 30.3 Å². The zero-order chi connectivity index (χ0) is 19.4. The summed E-state index contributed by atoms with van der Waals surface area (Å²) in [5.74, 6) is 0.508. The normalized spacial score (nSPS) is 21.8. The number of nitrogens with zero attached hydrogens (tertiary/aromatic N) is 1. The summed E-state index contributed by atoms with van der Waals surface area (Å²) in [5, 5.41) is 12.0. The van der Waals surface area contributed by atoms with Crippen LogP contribution in [0, 0.1) is 0 Å². The summed E-state index contributed by atoms with van der Waals surface area (Å²) in [5.41, 5.74) is 0.842. The number of carboxylic acid groups (broad SMARTS) is 1. The highest BCUT2D eigenvalue weighted by Crippen LogP contribution is 2.51. The molecule has 1 unspecified atom stereocenters. The summed E-state index contributed by atoms with van der Waals surface area (Å²) >= 11 is 3.44. The number of aliphatic carboxylic acids is 1. The van der Waals surface area contributed by atoms with Crippen LogP contribution in [0.4, 0.5) is 4.79 Å². The van der Waals surface area contributed by atoms with Crippen molar-refractivity contribution in [2.45, 2.75) is 36.1 Å². The van der Waals surface area contributed by atoms with Gasteiger partial charge in [-0.15, -0.1) is 23.5 Å². The number of benzene rings is 1. The number of thioether (sulfide) groups is 2. The lowest BCUT2D eigenvalue weighted by molar-refractivity contribution is -0.148. The van der Waals surface area contributed by atoms with Crippen LogP contribution in [0.5, 0.6) is 0 Å². The molecule has 2 N–H and O–H groups in total. The summed E-state index contributed by atoms with van der Waals surface area (Å²) in [7, 11) is 0. The number of hydrogen-bond acceptors (Lipinski definition) is 6. The van der Waals surface area contributed by atoms with Crippen molar-refractivity contribution in [3.63, 3.8) is 0 Å². The Labute approximate surface area is 166 Å². The number of alkyl carbamates (subject to hydrolysis) is 1. The minimum atomic E-state index is -1.01. The third kappa shape index (κ3) is 4.70. The number of carboxylic acids is 1. The van der Waals surface area contributed by atoms with Crippen LogP contribution in [0.25, 0.3) is 0 Å². The Balaban J connectivity index is 1.57. The zero-order valence-electron chi connectivity index (χ0n) is 14.9. The van der Waals surface area contributed by atoms with E-state index in [1.54, 1.807) is 30.4 Å². The lowest BCUT2D eigenvalue weighted by Crippen LogP contribution is -2.50. The highest BCUT2D eigenvalue weighted by molar-refractivity contribution is 8.21. The molecule has 9 heteroatoms. The number of carbonyl (C=O) groups excluding carboxylic acids is 2. The molecule has 0 aliphatic carbocycles. The number of nitrogens with one attached hydrogen (secondary N) is 1. The molecule has 27 heavy (non-hydrogen) atoms. The van der Waals surface area contributed by atoms with Gasteiger partial charge in [0.15, 0.2) is 0 Å². The first-order valence-electron chi connectivity index (χ1n) is 8.69. The molecule has 0 radical (unpaired) electrons. The number of carbonyl (C=O) groups is 3. The van der Waals surface area contributed by atoms with Crippen LogP contribution in [0.15, 0.2) is 30.3 Å². The molecule has 2 fully saturated rings. The fourth-order valence-corrected chi connectivity index (χ4v) is 6.51. The molecule has 2 atom stereocenters. The average molecular weight is 411 g/mol. The molecule has 2 aliphatic rings. The Kier molecular flexibility index (Phi) is 6.21. The van der Waals surface area contributed by atoms with Crippen molar-refractivity contribution in [2.24, 2.45) is 0 Å². The van der Waals surface area contributed by atoms with Crippen LogP contribution < -0.4 is 5.32 Å². The molecule has 2 saturated heterocycles. The van der Waals surface area contributed by atoms with Crippen LogP contribution in [0.2, 0.25) is 0 Å². The molecule has 1 aromatic rings. The minimum absolute atomic E-state index is 0.103. The molecule has 2 amide bonds. The highest BCUT2D eigenvalue weighted by atomic mass is 32.2. The first kappa shape index (κ1) is 19.9. The average Bonchev–Trinajstić information content (AvgIpc) is 3.27. The maximum atomic E-state index is 12.8. The molecule has 3 rings (SSSR count). The summed E-state index contributed by atoms with van der Waals surface area (Å²) in [4.78, 5) is 37.8. The molecule has 1 aromatic carbocycles. The molecular formula is C18H22N2O5S2. The maximum Gasteiger partial charge on any atom is 0.408 e. The lowest BCUT2D eigenvalue weighted by atomic mass is 10.2. The van der Waals surface area contributed by atoms with Gasteiger partial charge in [0.25, 0.3) is 0 Å². The predicted molar refractivity (Wildman–Crippen MR) is 105 cm³/mol. The van der Waals surface area contributed by atoms with Crippen molar-refractivity contribution in [1.29, 1.82) is 0 Å². The fourth-order valence-electron chi connectivity index (χ4n) is 3.25. The van der Waals surface area contributed by atoms with Crippen molar-refractivity contribution in [3.8, 4) is 0 Å². The van der Waals surface area contributed by atoms with E-state index in [9.17, 15) is 19.5 Å². The molecule has 0 saturated carbocycles. The number of ether oxygens (including phenoxy) is 1.